The van der Waals surface area contributed by atoms with E-state index < -0.39 is 0 Å². The lowest BCUT2D eigenvalue weighted by atomic mass is 10.1. The first-order chi connectivity index (χ1) is 9.27. The Hall–Kier alpha value is -2.10. The van der Waals surface area contributed by atoms with Crippen LogP contribution in [0.15, 0.2) is 30.5 Å². The Labute approximate surface area is 113 Å². The molecule has 0 unspecified atom stereocenters. The third-order valence-electron chi connectivity index (χ3n) is 3.09. The zero-order chi connectivity index (χ0) is 13.7. The topological polar surface area (TPSA) is 54.0 Å². The maximum Gasteiger partial charge on any atom is 0.253 e. The van der Waals surface area contributed by atoms with Crippen molar-refractivity contribution in [1.82, 2.24) is 10.3 Å². The van der Waals surface area contributed by atoms with Gasteiger partial charge in [-0.05, 0) is 11.8 Å². The highest BCUT2D eigenvalue weighted by Crippen LogP contribution is 2.23. The van der Waals surface area contributed by atoms with Crippen LogP contribution in [0.25, 0.3) is 10.8 Å². The Bertz CT molecular complexity index is 581. The first kappa shape index (κ1) is 13.3. The van der Waals surface area contributed by atoms with Gasteiger partial charge < -0.3 is 10.6 Å². The van der Waals surface area contributed by atoms with Gasteiger partial charge >= 0.3 is 0 Å². The smallest absolute Gasteiger partial charge is 0.253 e. The Morgan fingerprint density at radius 3 is 2.68 bits per heavy atom. The van der Waals surface area contributed by atoms with Crippen LogP contribution in [0.4, 0.5) is 5.82 Å². The molecule has 0 fully saturated rings. The average molecular weight is 257 g/mol. The molecule has 0 bridgehead atoms. The fraction of sp³-hybridized carbons (Fsp3) is 0.333. The molecule has 1 amide bonds. The number of benzene rings is 1. The Morgan fingerprint density at radius 1 is 1.26 bits per heavy atom. The highest BCUT2D eigenvalue weighted by Gasteiger charge is 2.12. The molecule has 0 aliphatic carbocycles. The predicted octanol–water partition coefficient (Wildman–Crippen LogP) is 2.81. The standard InChI is InChI=1S/C15H19N3O/c1-3-4-9-17-15(19)13-10-18-14(16-2)12-8-6-5-7-11(12)13/h5-8,10H,3-4,9H2,1-2H3,(H,16,18)(H,17,19). The molecule has 2 aromatic rings. The third kappa shape index (κ3) is 2.84. The SMILES string of the molecule is CCCCNC(=O)c1cnc(NC)c2ccccc12. The summed E-state index contributed by atoms with van der Waals surface area (Å²) in [5, 5.41) is 7.87. The summed E-state index contributed by atoms with van der Waals surface area (Å²) in [6.45, 7) is 2.81. The molecule has 100 valence electrons. The van der Waals surface area contributed by atoms with Crippen molar-refractivity contribution >= 4 is 22.5 Å². The summed E-state index contributed by atoms with van der Waals surface area (Å²) in [7, 11) is 1.83. The van der Waals surface area contributed by atoms with E-state index in [2.05, 4.69) is 22.5 Å². The molecule has 0 aliphatic rings. The van der Waals surface area contributed by atoms with E-state index in [0.29, 0.717) is 12.1 Å². The number of carbonyl (C=O) groups is 1. The lowest BCUT2D eigenvalue weighted by Crippen LogP contribution is -2.24. The Morgan fingerprint density at radius 2 is 2.00 bits per heavy atom. The van der Waals surface area contributed by atoms with Gasteiger partial charge in [0, 0.05) is 25.2 Å². The lowest BCUT2D eigenvalue weighted by Gasteiger charge is -2.10. The van der Waals surface area contributed by atoms with E-state index in [9.17, 15) is 4.79 Å². The first-order valence-electron chi connectivity index (χ1n) is 6.61. The number of amides is 1. The van der Waals surface area contributed by atoms with E-state index in [1.54, 1.807) is 6.20 Å². The van der Waals surface area contributed by atoms with Crippen molar-refractivity contribution in [2.24, 2.45) is 0 Å². The van der Waals surface area contributed by atoms with Crippen LogP contribution in [-0.4, -0.2) is 24.5 Å². The molecule has 0 aliphatic heterocycles. The molecule has 1 aromatic heterocycles. The van der Waals surface area contributed by atoms with Crippen molar-refractivity contribution in [2.75, 3.05) is 18.9 Å². The maximum absolute atomic E-state index is 12.2. The number of unbranched alkanes of at least 4 members (excludes halogenated alkanes) is 1. The van der Waals surface area contributed by atoms with E-state index in [4.69, 9.17) is 0 Å². The largest absolute Gasteiger partial charge is 0.373 e. The number of hydrogen-bond acceptors (Lipinski definition) is 3. The number of carbonyl (C=O) groups excluding carboxylic acids is 1. The van der Waals surface area contributed by atoms with Crippen molar-refractivity contribution in [3.63, 3.8) is 0 Å². The van der Waals surface area contributed by atoms with Crippen LogP contribution in [0.1, 0.15) is 30.1 Å². The van der Waals surface area contributed by atoms with Crippen LogP contribution in [-0.2, 0) is 0 Å². The predicted molar refractivity (Wildman–Crippen MR) is 78.5 cm³/mol. The second-order valence-corrected chi connectivity index (χ2v) is 4.43. The molecule has 0 saturated carbocycles. The van der Waals surface area contributed by atoms with Gasteiger partial charge in [-0.15, -0.1) is 0 Å². The summed E-state index contributed by atoms with van der Waals surface area (Å²) >= 11 is 0. The molecular formula is C15H19N3O. The van der Waals surface area contributed by atoms with Crippen molar-refractivity contribution in [1.29, 1.82) is 0 Å². The zero-order valence-electron chi connectivity index (χ0n) is 11.4. The molecule has 19 heavy (non-hydrogen) atoms. The molecule has 0 spiro atoms. The number of nitrogens with zero attached hydrogens (tertiary/aromatic N) is 1. The number of hydrogen-bond donors (Lipinski definition) is 2. The summed E-state index contributed by atoms with van der Waals surface area (Å²) < 4.78 is 0. The molecule has 1 aromatic carbocycles. The fourth-order valence-corrected chi connectivity index (χ4v) is 2.05. The minimum Gasteiger partial charge on any atom is -0.373 e. The first-order valence-corrected chi connectivity index (χ1v) is 6.61. The van der Waals surface area contributed by atoms with Gasteiger partial charge in [0.05, 0.1) is 5.56 Å². The van der Waals surface area contributed by atoms with Gasteiger partial charge in [-0.3, -0.25) is 4.79 Å². The van der Waals surface area contributed by atoms with Gasteiger partial charge in [0.2, 0.25) is 0 Å². The Balaban J connectivity index is 2.36. The molecule has 1 heterocycles. The number of rotatable bonds is 5. The van der Waals surface area contributed by atoms with Crippen LogP contribution in [0, 0.1) is 0 Å². The van der Waals surface area contributed by atoms with Gasteiger partial charge in [0.1, 0.15) is 5.82 Å². The van der Waals surface area contributed by atoms with E-state index >= 15 is 0 Å². The zero-order valence-corrected chi connectivity index (χ0v) is 11.4. The minimum absolute atomic E-state index is 0.0557. The molecule has 4 heteroatoms. The highest BCUT2D eigenvalue weighted by molar-refractivity contribution is 6.09. The van der Waals surface area contributed by atoms with Crippen molar-refractivity contribution in [3.8, 4) is 0 Å². The molecule has 2 N–H and O–H groups in total. The number of pyridine rings is 1. The van der Waals surface area contributed by atoms with Crippen molar-refractivity contribution in [3.05, 3.63) is 36.0 Å². The second-order valence-electron chi connectivity index (χ2n) is 4.43. The summed E-state index contributed by atoms with van der Waals surface area (Å²) in [5.74, 6) is 0.737. The number of nitrogens with one attached hydrogen (secondary N) is 2. The maximum atomic E-state index is 12.2. The average Bonchev–Trinajstić information content (AvgIpc) is 2.46. The van der Waals surface area contributed by atoms with E-state index in [1.807, 2.05) is 31.3 Å². The second kappa shape index (κ2) is 6.18. The summed E-state index contributed by atoms with van der Waals surface area (Å²) in [5.41, 5.74) is 0.630. The fourth-order valence-electron chi connectivity index (χ4n) is 2.05. The summed E-state index contributed by atoms with van der Waals surface area (Å²) in [4.78, 5) is 16.5. The van der Waals surface area contributed by atoms with Gasteiger partial charge in [0.25, 0.3) is 5.91 Å². The highest BCUT2D eigenvalue weighted by atomic mass is 16.1. The quantitative estimate of drug-likeness (QED) is 0.810. The summed E-state index contributed by atoms with van der Waals surface area (Å²) in [6.07, 6.45) is 3.69. The van der Waals surface area contributed by atoms with Gasteiger partial charge in [0.15, 0.2) is 0 Å². The van der Waals surface area contributed by atoms with E-state index in [1.165, 1.54) is 0 Å². The van der Waals surface area contributed by atoms with Crippen LogP contribution >= 0.6 is 0 Å². The van der Waals surface area contributed by atoms with Crippen molar-refractivity contribution < 1.29 is 4.79 Å². The molecule has 4 nitrogen and oxygen atoms in total. The number of anilines is 1. The van der Waals surface area contributed by atoms with Crippen LogP contribution in [0.5, 0.6) is 0 Å². The van der Waals surface area contributed by atoms with E-state index in [-0.39, 0.29) is 5.91 Å². The molecule has 0 radical (unpaired) electrons. The monoisotopic (exact) mass is 257 g/mol. The third-order valence-corrected chi connectivity index (χ3v) is 3.09. The van der Waals surface area contributed by atoms with Crippen LogP contribution < -0.4 is 10.6 Å². The molecule has 2 rings (SSSR count). The number of fused-ring (bicyclic) bond motifs is 1. The molecule has 0 saturated heterocycles. The molecular weight excluding hydrogens is 238 g/mol. The van der Waals surface area contributed by atoms with Gasteiger partial charge in [-0.1, -0.05) is 37.6 Å². The molecule has 0 atom stereocenters. The Kier molecular flexibility index (Phi) is 4.34. The van der Waals surface area contributed by atoms with E-state index in [0.717, 1.165) is 29.4 Å². The van der Waals surface area contributed by atoms with Gasteiger partial charge in [-0.2, -0.15) is 0 Å². The normalized spacial score (nSPS) is 10.4. The van der Waals surface area contributed by atoms with Crippen molar-refractivity contribution in [2.45, 2.75) is 19.8 Å². The van der Waals surface area contributed by atoms with Crippen LogP contribution in [0.2, 0.25) is 0 Å². The minimum atomic E-state index is -0.0557. The van der Waals surface area contributed by atoms with Gasteiger partial charge in [-0.25, -0.2) is 4.98 Å². The summed E-state index contributed by atoms with van der Waals surface area (Å²) in [6, 6.07) is 7.80. The number of aromatic nitrogens is 1. The van der Waals surface area contributed by atoms with Crippen LogP contribution in [0.3, 0.4) is 0 Å². The lowest BCUT2D eigenvalue weighted by molar-refractivity contribution is 0.0954.